The maximum atomic E-state index is 8.31. The van der Waals surface area contributed by atoms with Crippen LogP contribution < -0.4 is 11.5 Å². The number of rotatable bonds is 23. The van der Waals surface area contributed by atoms with Gasteiger partial charge in [0.1, 0.15) is 4.87 Å². The van der Waals surface area contributed by atoms with Gasteiger partial charge in [-0.25, -0.2) is 0 Å². The average Bonchev–Trinajstić information content (AvgIpc) is 3.44. The van der Waals surface area contributed by atoms with Gasteiger partial charge in [0, 0.05) is 61.0 Å². The monoisotopic (exact) mass is 1270 g/mol. The van der Waals surface area contributed by atoms with E-state index in [1.165, 1.54) is 6.92 Å². The Labute approximate surface area is 516 Å². The molecule has 0 aliphatic rings. The Balaban J connectivity index is -0.0000000675. The van der Waals surface area contributed by atoms with E-state index in [1.54, 1.807) is 34.5 Å². The van der Waals surface area contributed by atoms with Crippen molar-refractivity contribution in [3.8, 4) is 12.1 Å². The van der Waals surface area contributed by atoms with Gasteiger partial charge in [-0.2, -0.15) is 10.5 Å². The summed E-state index contributed by atoms with van der Waals surface area (Å²) in [6.45, 7) is 31.8. The molecular weight excluding hydrogens is 1170 g/mol. The van der Waals surface area contributed by atoms with Crippen LogP contribution in [0.5, 0.6) is 0 Å². The summed E-state index contributed by atoms with van der Waals surface area (Å²) in [5.41, 5.74) is 18.6. The minimum atomic E-state index is -0.649. The predicted molar refractivity (Wildman–Crippen MR) is 353 cm³/mol. The lowest BCUT2D eigenvalue weighted by Gasteiger charge is -2.29. The van der Waals surface area contributed by atoms with Crippen LogP contribution in [0.15, 0.2) is 164 Å². The Morgan fingerprint density at radius 2 is 0.812 bits per heavy atom. The molecule has 0 spiro atoms. The molecule has 0 bridgehead atoms. The van der Waals surface area contributed by atoms with Gasteiger partial charge in [0.25, 0.3) is 0 Å². The molecule has 80 heavy (non-hydrogen) atoms. The predicted octanol–water partition coefficient (Wildman–Crippen LogP) is 13.0. The van der Waals surface area contributed by atoms with E-state index < -0.39 is 4.87 Å². The van der Waals surface area contributed by atoms with Gasteiger partial charge in [0.15, 0.2) is 0 Å². The van der Waals surface area contributed by atoms with E-state index >= 15 is 0 Å². The maximum Gasteiger partial charge on any atom is 0.119 e. The van der Waals surface area contributed by atoms with Crippen molar-refractivity contribution in [3.63, 3.8) is 0 Å². The highest BCUT2D eigenvalue weighted by molar-refractivity contribution is 9.09. The van der Waals surface area contributed by atoms with Crippen molar-refractivity contribution < 1.29 is 49.2 Å². The van der Waals surface area contributed by atoms with E-state index in [4.69, 9.17) is 101 Å². The van der Waals surface area contributed by atoms with Crippen molar-refractivity contribution in [3.05, 3.63) is 181 Å². The first kappa shape index (κ1) is 105. The molecule has 0 aliphatic heterocycles. The van der Waals surface area contributed by atoms with Gasteiger partial charge in [-0.1, -0.05) is 180 Å². The summed E-state index contributed by atoms with van der Waals surface area (Å²) in [6, 6.07) is 34.4. The Morgan fingerprint density at radius 1 is 0.550 bits per heavy atom. The lowest BCUT2D eigenvalue weighted by molar-refractivity contribution is 0.162. The van der Waals surface area contributed by atoms with Gasteiger partial charge < -0.3 is 60.7 Å². The quantitative estimate of drug-likeness (QED) is 0.0265. The molecule has 0 aliphatic carbocycles. The molecular formula is C61H107BrCl4N4O10. The van der Waals surface area contributed by atoms with Crippen LogP contribution in [0.25, 0.3) is 0 Å². The molecule has 0 saturated heterocycles. The molecule has 0 saturated carbocycles. The molecule has 3 aromatic rings. The summed E-state index contributed by atoms with van der Waals surface area (Å²) in [5, 5.41) is 56.2. The second kappa shape index (κ2) is 89.1. The number of aliphatic hydroxyl groups is 5. The molecule has 0 amide bonds. The fourth-order valence-corrected chi connectivity index (χ4v) is 4.92. The maximum absolute atomic E-state index is 8.31. The fraction of sp³-hybridized carbons (Fsp3) is 0.475. The lowest BCUT2D eigenvalue weighted by Crippen LogP contribution is -2.22. The molecule has 19 heteroatoms. The van der Waals surface area contributed by atoms with Crippen LogP contribution in [-0.2, 0) is 28.6 Å². The number of nitriles is 2. The first-order valence-electron chi connectivity index (χ1n) is 23.4. The third-order valence-electron chi connectivity index (χ3n) is 7.73. The topological polar surface area (TPSA) is 247 Å². The number of nitrogens with zero attached hydrogens (tertiary/aromatic N) is 2. The zero-order valence-corrected chi connectivity index (χ0v) is 51.8. The lowest BCUT2D eigenvalue weighted by atomic mass is 9.84. The number of nitrogens with two attached hydrogens (primary N) is 2. The van der Waals surface area contributed by atoms with Crippen LogP contribution in [0.1, 0.15) is 79.0 Å². The van der Waals surface area contributed by atoms with E-state index in [1.807, 2.05) is 74.5 Å². The molecule has 14 nitrogen and oxygen atoms in total. The Morgan fingerprint density at radius 3 is 0.988 bits per heavy atom. The zero-order chi connectivity index (χ0) is 60.3. The second-order valence-electron chi connectivity index (χ2n) is 14.3. The molecule has 3 rings (SSSR count). The van der Waals surface area contributed by atoms with Crippen molar-refractivity contribution >= 4 is 63.1 Å². The van der Waals surface area contributed by atoms with Crippen LogP contribution in [0.4, 0.5) is 0 Å². The summed E-state index contributed by atoms with van der Waals surface area (Å²) in [4.78, 5) is -0.649. The molecule has 466 valence electrons. The van der Waals surface area contributed by atoms with Crippen molar-refractivity contribution in [2.24, 2.45) is 11.5 Å². The van der Waals surface area contributed by atoms with E-state index in [-0.39, 0.29) is 66.5 Å². The number of aliphatic hydroxyl groups excluding tert-OH is 5. The summed E-state index contributed by atoms with van der Waals surface area (Å²) in [7, 11) is 7.47. The van der Waals surface area contributed by atoms with E-state index in [2.05, 4.69) is 96.5 Å². The van der Waals surface area contributed by atoms with E-state index in [0.717, 1.165) is 77.5 Å². The molecule has 3 aromatic carbocycles. The first-order valence-corrected chi connectivity index (χ1v) is 26.0. The van der Waals surface area contributed by atoms with Gasteiger partial charge in [0.05, 0.1) is 76.8 Å². The summed E-state index contributed by atoms with van der Waals surface area (Å²) < 4.78 is 23.7. The van der Waals surface area contributed by atoms with Gasteiger partial charge in [0.2, 0.25) is 0 Å². The number of methoxy groups -OCH3 is 4. The van der Waals surface area contributed by atoms with Gasteiger partial charge in [-0.05, 0) is 78.8 Å². The van der Waals surface area contributed by atoms with Gasteiger partial charge in [-0.3, -0.25) is 0 Å². The number of hydrogen-bond donors (Lipinski definition) is 7. The van der Waals surface area contributed by atoms with Crippen molar-refractivity contribution in [1.82, 2.24) is 0 Å². The third kappa shape index (κ3) is 78.5. The number of alkyl halides is 4. The largest absolute Gasteiger partial charge is 0.400 e. The van der Waals surface area contributed by atoms with Crippen LogP contribution in [0.2, 0.25) is 0 Å². The summed E-state index contributed by atoms with van der Waals surface area (Å²) in [6.07, 6.45) is 2.00. The Kier molecular flexibility index (Phi) is 116. The zero-order valence-electron chi connectivity index (χ0n) is 47.2. The molecule has 0 unspecified atom stereocenters. The van der Waals surface area contributed by atoms with Crippen molar-refractivity contribution in [2.75, 3.05) is 125 Å². The van der Waals surface area contributed by atoms with Crippen LogP contribution >= 0.6 is 63.1 Å². The fourth-order valence-electron chi connectivity index (χ4n) is 4.38. The first-order chi connectivity index (χ1) is 36.4. The van der Waals surface area contributed by atoms with E-state index in [0.29, 0.717) is 57.1 Å². The van der Waals surface area contributed by atoms with Crippen molar-refractivity contribution in [1.29, 1.82) is 10.5 Å². The second-order valence-corrected chi connectivity index (χ2v) is 16.2. The molecule has 0 radical (unpaired) electrons. The van der Waals surface area contributed by atoms with Crippen molar-refractivity contribution in [2.45, 2.75) is 67.2 Å². The van der Waals surface area contributed by atoms with Crippen LogP contribution in [0, 0.1) is 22.7 Å². The highest BCUT2D eigenvalue weighted by atomic mass is 79.9. The Hall–Kier alpha value is -3.76. The molecule has 0 fully saturated rings. The smallest absolute Gasteiger partial charge is 0.119 e. The van der Waals surface area contributed by atoms with Gasteiger partial charge in [-0.15, -0.1) is 47.2 Å². The number of ether oxygens (including phenoxy) is 5. The SMILES string of the molecule is C.C.C.C=C(CBr)COC.C=C(CC#N)COC.C=C(CCN)COC.C=C(CO)CCN.C=C(CO)CO.C=C(CO)COC.CC#N.CCOCC.CO.Cl.ClC(c1ccccc1)(c1ccccc1)c1ccccc1.ClCCl. The van der Waals surface area contributed by atoms with Crippen LogP contribution in [0.3, 0.4) is 0 Å². The summed E-state index contributed by atoms with van der Waals surface area (Å²) in [5.74, 6) is 0. The number of hydrogen-bond acceptors (Lipinski definition) is 14. The molecule has 0 atom stereocenters. The normalized spacial score (nSPS) is 8.41. The Bertz CT molecular complexity index is 1670. The van der Waals surface area contributed by atoms with Crippen LogP contribution in [-0.4, -0.2) is 151 Å². The molecule has 9 N–H and O–H groups in total. The number of benzene rings is 3. The highest BCUT2D eigenvalue weighted by Gasteiger charge is 2.33. The molecule has 0 heterocycles. The number of halogens is 5. The minimum Gasteiger partial charge on any atom is -0.400 e. The highest BCUT2D eigenvalue weighted by Crippen LogP contribution is 2.42. The third-order valence-corrected chi connectivity index (χ3v) is 9.17. The van der Waals surface area contributed by atoms with E-state index in [9.17, 15) is 0 Å². The van der Waals surface area contributed by atoms with Gasteiger partial charge >= 0.3 is 0 Å². The standard InChI is InChI=1S/C19H15Cl.C6H13NO.C6H9NO.C5H9BrO.C5H11NO.C5H10O2.C4H8O2.C4H10O.C2H3N.CH2Cl2.CH4O.3CH4.ClH/c20-19(16-10-4-1-5-11-16,17-12-6-2-7-13-17)18-14-8-3-9-15-18;2*1-6(3-4-7)5-8-2;1-5(3-6)4-7-2;1-5(4-7)2-3-6;1-5(3-6)4-7-2;1-4(2-5)3-6;1-3-5-4-2;1-2-3;2-1-3;1-2;;;;/h1-15H;1,3-5,7H2,2H3;1,3,5H2,2H3;1,3-4H2,2H3;7H,1-4,6H2;6H,1,3-4H2,2H3;5-6H,1-3H2;3-4H2,1-2H3;1H3;1H2;2H,1H3;3*1H4;1H. The minimum absolute atomic E-state index is 0. The average molecular weight is 1280 g/mol. The summed E-state index contributed by atoms with van der Waals surface area (Å²) >= 11 is 19.9. The molecule has 0 aromatic heterocycles.